The van der Waals surface area contributed by atoms with E-state index >= 15 is 0 Å². The van der Waals surface area contributed by atoms with Crippen molar-refractivity contribution in [1.29, 1.82) is 0 Å². The molecular formula is C25H25BrN2O3S. The van der Waals surface area contributed by atoms with Crippen LogP contribution in [0.5, 0.6) is 11.5 Å². The number of rotatable bonds is 9. The molecule has 0 aromatic heterocycles. The Morgan fingerprint density at radius 3 is 2.50 bits per heavy atom. The van der Waals surface area contributed by atoms with Crippen molar-refractivity contribution in [2.75, 3.05) is 11.9 Å². The van der Waals surface area contributed by atoms with Gasteiger partial charge in [-0.2, -0.15) is 0 Å². The minimum absolute atomic E-state index is 0.172. The molecule has 0 aliphatic rings. The van der Waals surface area contributed by atoms with E-state index in [1.54, 1.807) is 12.1 Å². The van der Waals surface area contributed by atoms with E-state index in [4.69, 9.17) is 21.7 Å². The van der Waals surface area contributed by atoms with Crippen molar-refractivity contribution in [2.45, 2.75) is 26.4 Å². The highest BCUT2D eigenvalue weighted by Gasteiger charge is 2.16. The maximum atomic E-state index is 12.9. The van der Waals surface area contributed by atoms with Crippen LogP contribution in [0.2, 0.25) is 0 Å². The number of benzene rings is 3. The van der Waals surface area contributed by atoms with Crippen molar-refractivity contribution < 1.29 is 14.3 Å². The quantitative estimate of drug-likeness (QED) is 0.259. The van der Waals surface area contributed by atoms with Gasteiger partial charge in [-0.1, -0.05) is 71.7 Å². The minimum Gasteiger partial charge on any atom is -0.493 e. The number of ether oxygens (including phenoxy) is 2. The molecule has 0 spiro atoms. The van der Waals surface area contributed by atoms with E-state index < -0.39 is 0 Å². The maximum Gasteiger partial charge on any atom is 0.261 e. The van der Waals surface area contributed by atoms with Gasteiger partial charge < -0.3 is 14.8 Å². The fourth-order valence-corrected chi connectivity index (χ4v) is 3.45. The van der Waals surface area contributed by atoms with E-state index in [2.05, 4.69) is 33.5 Å². The van der Waals surface area contributed by atoms with Crippen molar-refractivity contribution in [3.05, 3.63) is 88.4 Å². The van der Waals surface area contributed by atoms with Gasteiger partial charge in [0, 0.05) is 4.47 Å². The lowest BCUT2D eigenvalue weighted by molar-refractivity contribution is 0.0973. The number of halogens is 1. The van der Waals surface area contributed by atoms with Crippen LogP contribution in [0.1, 0.15) is 35.7 Å². The summed E-state index contributed by atoms with van der Waals surface area (Å²) in [6.45, 7) is 3.06. The third kappa shape index (κ3) is 7.07. The lowest BCUT2D eigenvalue weighted by Crippen LogP contribution is -2.34. The SMILES string of the molecule is CCCCOc1ccc(Br)cc1C(=O)NC(=S)Nc1ccccc1OCc1ccccc1. The summed E-state index contributed by atoms with van der Waals surface area (Å²) in [6.07, 6.45) is 1.93. The second-order valence-electron chi connectivity index (χ2n) is 7.02. The Labute approximate surface area is 202 Å². The summed E-state index contributed by atoms with van der Waals surface area (Å²) in [5.41, 5.74) is 2.14. The molecule has 0 saturated heterocycles. The molecule has 0 heterocycles. The maximum absolute atomic E-state index is 12.9. The molecule has 32 heavy (non-hydrogen) atoms. The highest BCUT2D eigenvalue weighted by Crippen LogP contribution is 2.26. The number of hydrogen-bond acceptors (Lipinski definition) is 4. The standard InChI is InChI=1S/C25H25BrN2O3S/c1-2-3-15-30-22-14-13-19(26)16-20(22)24(29)28-25(32)27-21-11-7-8-12-23(21)31-17-18-9-5-4-6-10-18/h4-14,16H,2-3,15,17H2,1H3,(H2,27,28,29,32). The Morgan fingerprint density at radius 2 is 1.72 bits per heavy atom. The Hall–Kier alpha value is -2.90. The van der Waals surface area contributed by atoms with E-state index in [0.29, 0.717) is 36.0 Å². The van der Waals surface area contributed by atoms with E-state index in [0.717, 1.165) is 22.9 Å². The number of nitrogens with one attached hydrogen (secondary N) is 2. The van der Waals surface area contributed by atoms with Crippen molar-refractivity contribution >= 4 is 44.9 Å². The van der Waals surface area contributed by atoms with Gasteiger partial charge in [-0.3, -0.25) is 10.1 Å². The average Bonchev–Trinajstić information content (AvgIpc) is 2.80. The summed E-state index contributed by atoms with van der Waals surface area (Å²) in [7, 11) is 0. The smallest absolute Gasteiger partial charge is 0.261 e. The lowest BCUT2D eigenvalue weighted by Gasteiger charge is -2.15. The van der Waals surface area contributed by atoms with Gasteiger partial charge in [0.15, 0.2) is 5.11 Å². The second-order valence-corrected chi connectivity index (χ2v) is 8.35. The summed E-state index contributed by atoms with van der Waals surface area (Å²) in [5, 5.41) is 5.96. The molecule has 0 saturated carbocycles. The van der Waals surface area contributed by atoms with Gasteiger partial charge in [0.25, 0.3) is 5.91 Å². The van der Waals surface area contributed by atoms with Crippen molar-refractivity contribution in [1.82, 2.24) is 5.32 Å². The average molecular weight is 513 g/mol. The van der Waals surface area contributed by atoms with Gasteiger partial charge in [0.05, 0.1) is 17.9 Å². The fourth-order valence-electron chi connectivity index (χ4n) is 2.89. The number of carbonyl (C=O) groups excluding carboxylic acids is 1. The van der Waals surface area contributed by atoms with E-state index in [-0.39, 0.29) is 11.0 Å². The van der Waals surface area contributed by atoms with Crippen LogP contribution in [-0.2, 0) is 6.61 Å². The van der Waals surface area contributed by atoms with Crippen molar-refractivity contribution in [3.63, 3.8) is 0 Å². The first-order chi connectivity index (χ1) is 15.6. The topological polar surface area (TPSA) is 59.6 Å². The Morgan fingerprint density at radius 1 is 0.969 bits per heavy atom. The number of amides is 1. The molecule has 3 rings (SSSR count). The minimum atomic E-state index is -0.349. The van der Waals surface area contributed by atoms with E-state index in [9.17, 15) is 4.79 Å². The largest absolute Gasteiger partial charge is 0.493 e. The van der Waals surface area contributed by atoms with Crippen LogP contribution in [0, 0.1) is 0 Å². The molecule has 3 aromatic carbocycles. The zero-order valence-corrected chi connectivity index (χ0v) is 20.2. The van der Waals surface area contributed by atoms with Crippen LogP contribution in [0.3, 0.4) is 0 Å². The van der Waals surface area contributed by atoms with Crippen LogP contribution in [0.4, 0.5) is 5.69 Å². The molecule has 0 radical (unpaired) electrons. The molecule has 0 aliphatic carbocycles. The van der Waals surface area contributed by atoms with Crippen LogP contribution in [0.25, 0.3) is 0 Å². The van der Waals surface area contributed by atoms with Crippen LogP contribution in [-0.4, -0.2) is 17.6 Å². The third-order valence-electron chi connectivity index (χ3n) is 4.54. The molecule has 0 fully saturated rings. The van der Waals surface area contributed by atoms with Crippen LogP contribution in [0.15, 0.2) is 77.3 Å². The second kappa shape index (κ2) is 12.2. The molecule has 0 atom stereocenters. The van der Waals surface area contributed by atoms with Gasteiger partial charge in [0.2, 0.25) is 0 Å². The summed E-state index contributed by atoms with van der Waals surface area (Å²) >= 11 is 8.79. The van der Waals surface area contributed by atoms with Crippen molar-refractivity contribution in [3.8, 4) is 11.5 Å². The molecule has 0 unspecified atom stereocenters. The molecule has 2 N–H and O–H groups in total. The number of anilines is 1. The van der Waals surface area contributed by atoms with Gasteiger partial charge in [-0.15, -0.1) is 0 Å². The number of unbranched alkanes of at least 4 members (excludes halogenated alkanes) is 1. The molecule has 166 valence electrons. The predicted octanol–water partition coefficient (Wildman–Crippen LogP) is 6.33. The highest BCUT2D eigenvalue weighted by atomic mass is 79.9. The number of thiocarbonyl (C=S) groups is 1. The Kier molecular flexibility index (Phi) is 9.07. The highest BCUT2D eigenvalue weighted by molar-refractivity contribution is 9.10. The summed E-state index contributed by atoms with van der Waals surface area (Å²) in [5.74, 6) is 0.811. The molecule has 3 aromatic rings. The molecule has 0 bridgehead atoms. The molecule has 1 amide bonds. The normalized spacial score (nSPS) is 10.3. The Bertz CT molecular complexity index is 1060. The predicted molar refractivity (Wildman–Crippen MR) is 135 cm³/mol. The van der Waals surface area contributed by atoms with E-state index in [1.165, 1.54) is 0 Å². The lowest BCUT2D eigenvalue weighted by atomic mass is 10.2. The Balaban J connectivity index is 1.65. The number of carbonyl (C=O) groups is 1. The monoisotopic (exact) mass is 512 g/mol. The first kappa shape index (κ1) is 23.8. The summed E-state index contributed by atoms with van der Waals surface area (Å²) in [4.78, 5) is 12.9. The van der Waals surface area contributed by atoms with Gasteiger partial charge in [-0.25, -0.2) is 0 Å². The van der Waals surface area contributed by atoms with Crippen LogP contribution < -0.4 is 20.1 Å². The van der Waals surface area contributed by atoms with Gasteiger partial charge in [-0.05, 0) is 54.5 Å². The first-order valence-electron chi connectivity index (χ1n) is 10.4. The van der Waals surface area contributed by atoms with Gasteiger partial charge in [0.1, 0.15) is 18.1 Å². The molecular weight excluding hydrogens is 488 g/mol. The molecule has 0 aliphatic heterocycles. The first-order valence-corrected chi connectivity index (χ1v) is 11.6. The zero-order valence-electron chi connectivity index (χ0n) is 17.8. The van der Waals surface area contributed by atoms with Crippen LogP contribution >= 0.6 is 28.1 Å². The van der Waals surface area contributed by atoms with E-state index in [1.807, 2.05) is 60.7 Å². The fraction of sp³-hybridized carbons (Fsp3) is 0.200. The van der Waals surface area contributed by atoms with Crippen molar-refractivity contribution in [2.24, 2.45) is 0 Å². The third-order valence-corrected chi connectivity index (χ3v) is 5.24. The summed E-state index contributed by atoms with van der Waals surface area (Å²) < 4.78 is 12.5. The van der Waals surface area contributed by atoms with Gasteiger partial charge >= 0.3 is 0 Å². The number of hydrogen-bond donors (Lipinski definition) is 2. The summed E-state index contributed by atoms with van der Waals surface area (Å²) in [6, 6.07) is 22.7. The molecule has 5 nitrogen and oxygen atoms in total. The molecule has 7 heteroatoms. The zero-order chi connectivity index (χ0) is 22.8. The number of para-hydroxylation sites is 2.